The van der Waals surface area contributed by atoms with E-state index >= 15 is 0 Å². The van der Waals surface area contributed by atoms with Gasteiger partial charge in [0.1, 0.15) is 0 Å². The summed E-state index contributed by atoms with van der Waals surface area (Å²) in [7, 11) is -2.21. The summed E-state index contributed by atoms with van der Waals surface area (Å²) < 4.78 is 0. The minimum absolute atomic E-state index is 0.767. The molecule has 1 rings (SSSR count). The third-order valence-electron chi connectivity index (χ3n) is 4.63. The van der Waals surface area contributed by atoms with Gasteiger partial charge in [0, 0.05) is 13.1 Å². The van der Waals surface area contributed by atoms with Crippen LogP contribution < -0.4 is 0 Å². The number of unbranched alkanes of at least 4 members (excludes halogenated alkanes) is 1. The molecule has 0 N–H and O–H groups in total. The fraction of sp³-hybridized carbons (Fsp3) is 0.667. The first-order valence-electron chi connectivity index (χ1n) is 8.41. The van der Waals surface area contributed by atoms with Gasteiger partial charge in [-0.3, -0.25) is 0 Å². The number of hydrogen-bond acceptors (Lipinski definition) is 0. The number of rotatable bonds is 8. The van der Waals surface area contributed by atoms with Crippen LogP contribution in [0.5, 0.6) is 0 Å². The molecule has 120 valence electrons. The Balaban J connectivity index is 2.79. The predicted octanol–water partition coefficient (Wildman–Crippen LogP) is 7.20. The Labute approximate surface area is 139 Å². The standard InChI is InChI=1S/C18H33ClSi2/c1-7-8-14-21(5,6)15-13-18(20(2,3)4)16-9-11-17(19)12-10-16/h9-12,18H,7-8,13-15H2,1-6H3. The molecular formula is C18H33ClSi2. The van der Waals surface area contributed by atoms with Crippen LogP contribution in [-0.2, 0) is 0 Å². The van der Waals surface area contributed by atoms with E-state index in [9.17, 15) is 0 Å². The van der Waals surface area contributed by atoms with Gasteiger partial charge in [0.25, 0.3) is 0 Å². The van der Waals surface area contributed by atoms with Gasteiger partial charge in [-0.1, -0.05) is 94.7 Å². The van der Waals surface area contributed by atoms with Crippen molar-refractivity contribution in [3.8, 4) is 0 Å². The highest BCUT2D eigenvalue weighted by atomic mass is 35.5. The third-order valence-corrected chi connectivity index (χ3v) is 10.9. The Kier molecular flexibility index (Phi) is 7.22. The Hall–Kier alpha value is -0.0562. The molecule has 0 spiro atoms. The third kappa shape index (κ3) is 6.71. The zero-order valence-electron chi connectivity index (χ0n) is 14.8. The van der Waals surface area contributed by atoms with Gasteiger partial charge in [0.15, 0.2) is 0 Å². The van der Waals surface area contributed by atoms with Crippen LogP contribution in [0.4, 0.5) is 0 Å². The van der Waals surface area contributed by atoms with E-state index in [1.807, 2.05) is 0 Å². The zero-order valence-corrected chi connectivity index (χ0v) is 17.6. The second-order valence-electron chi connectivity index (χ2n) is 8.28. The van der Waals surface area contributed by atoms with E-state index in [0.717, 1.165) is 10.6 Å². The first kappa shape index (κ1) is 19.0. The SMILES string of the molecule is CCCC[Si](C)(C)CCC(c1ccc(Cl)cc1)[Si](C)(C)C. The maximum Gasteiger partial charge on any atom is 0.0521 e. The van der Waals surface area contributed by atoms with Crippen LogP contribution in [0.1, 0.15) is 37.3 Å². The topological polar surface area (TPSA) is 0 Å². The second kappa shape index (κ2) is 7.98. The van der Waals surface area contributed by atoms with Gasteiger partial charge in [-0.05, 0) is 23.2 Å². The van der Waals surface area contributed by atoms with Crippen molar-refractivity contribution in [1.29, 1.82) is 0 Å². The Bertz CT molecular complexity index is 418. The van der Waals surface area contributed by atoms with Crippen molar-refractivity contribution in [1.82, 2.24) is 0 Å². The molecule has 1 aromatic rings. The average molecular weight is 341 g/mol. The van der Waals surface area contributed by atoms with Crippen molar-refractivity contribution in [3.63, 3.8) is 0 Å². The van der Waals surface area contributed by atoms with Gasteiger partial charge in [-0.15, -0.1) is 0 Å². The van der Waals surface area contributed by atoms with Crippen LogP contribution in [0.15, 0.2) is 24.3 Å². The fourth-order valence-corrected chi connectivity index (χ4v) is 8.36. The van der Waals surface area contributed by atoms with E-state index in [0.29, 0.717) is 0 Å². The fourth-order valence-electron chi connectivity index (χ4n) is 3.11. The summed E-state index contributed by atoms with van der Waals surface area (Å²) in [6.07, 6.45) is 4.13. The summed E-state index contributed by atoms with van der Waals surface area (Å²) in [5, 5.41) is 0.853. The van der Waals surface area contributed by atoms with Crippen molar-refractivity contribution in [3.05, 3.63) is 34.9 Å². The van der Waals surface area contributed by atoms with Crippen LogP contribution in [-0.4, -0.2) is 16.1 Å². The molecule has 0 bridgehead atoms. The van der Waals surface area contributed by atoms with E-state index in [4.69, 9.17) is 11.6 Å². The molecule has 0 amide bonds. The lowest BCUT2D eigenvalue weighted by molar-refractivity contribution is 0.810. The summed E-state index contributed by atoms with van der Waals surface area (Å²) in [6.45, 7) is 15.0. The van der Waals surface area contributed by atoms with Crippen molar-refractivity contribution in [2.75, 3.05) is 0 Å². The van der Waals surface area contributed by atoms with E-state index in [1.54, 1.807) is 0 Å². The normalized spacial score (nSPS) is 14.2. The van der Waals surface area contributed by atoms with Crippen LogP contribution in [0.3, 0.4) is 0 Å². The molecule has 0 radical (unpaired) electrons. The minimum Gasteiger partial charge on any atom is -0.0843 e. The van der Waals surface area contributed by atoms with Gasteiger partial charge >= 0.3 is 0 Å². The molecule has 0 saturated heterocycles. The Morgan fingerprint density at radius 1 is 0.952 bits per heavy atom. The summed E-state index contributed by atoms with van der Waals surface area (Å²) >= 11 is 6.06. The molecule has 0 aromatic heterocycles. The zero-order chi connectivity index (χ0) is 16.1. The molecule has 0 aliphatic heterocycles. The van der Waals surface area contributed by atoms with Crippen molar-refractivity contribution < 1.29 is 0 Å². The molecule has 1 atom stereocenters. The van der Waals surface area contributed by atoms with E-state index in [2.05, 4.69) is 63.9 Å². The first-order valence-corrected chi connectivity index (χ1v) is 15.8. The molecule has 1 unspecified atom stereocenters. The summed E-state index contributed by atoms with van der Waals surface area (Å²) in [5.74, 6) is 0. The first-order chi connectivity index (χ1) is 9.65. The number of benzene rings is 1. The van der Waals surface area contributed by atoms with Gasteiger partial charge in [0.2, 0.25) is 0 Å². The molecule has 1 aromatic carbocycles. The lowest BCUT2D eigenvalue weighted by Crippen LogP contribution is -2.34. The highest BCUT2D eigenvalue weighted by molar-refractivity contribution is 6.79. The maximum atomic E-state index is 6.06. The monoisotopic (exact) mass is 340 g/mol. The van der Waals surface area contributed by atoms with E-state index in [-0.39, 0.29) is 0 Å². The smallest absolute Gasteiger partial charge is 0.0521 e. The molecule has 0 heterocycles. The molecule has 0 saturated carbocycles. The Morgan fingerprint density at radius 3 is 2.00 bits per heavy atom. The summed E-state index contributed by atoms with van der Waals surface area (Å²) in [4.78, 5) is 0. The lowest BCUT2D eigenvalue weighted by atomic mass is 10.1. The molecule has 0 aliphatic rings. The molecule has 3 heteroatoms. The molecule has 0 aliphatic carbocycles. The second-order valence-corrected chi connectivity index (χ2v) is 19.5. The minimum atomic E-state index is -1.20. The van der Waals surface area contributed by atoms with Crippen LogP contribution in [0.25, 0.3) is 0 Å². The van der Waals surface area contributed by atoms with Gasteiger partial charge in [0.05, 0.1) is 8.07 Å². The molecule has 0 nitrogen and oxygen atoms in total. The van der Waals surface area contributed by atoms with Crippen LogP contribution in [0.2, 0.25) is 49.8 Å². The lowest BCUT2D eigenvalue weighted by Gasteiger charge is -2.32. The van der Waals surface area contributed by atoms with Crippen molar-refractivity contribution in [2.45, 2.75) is 76.6 Å². The molecule has 21 heavy (non-hydrogen) atoms. The predicted molar refractivity (Wildman–Crippen MR) is 104 cm³/mol. The van der Waals surface area contributed by atoms with Gasteiger partial charge < -0.3 is 0 Å². The van der Waals surface area contributed by atoms with Crippen LogP contribution in [0, 0.1) is 0 Å². The van der Waals surface area contributed by atoms with Crippen molar-refractivity contribution >= 4 is 27.7 Å². The van der Waals surface area contributed by atoms with E-state index < -0.39 is 16.1 Å². The highest BCUT2D eigenvalue weighted by Crippen LogP contribution is 2.35. The Morgan fingerprint density at radius 2 is 1.52 bits per heavy atom. The largest absolute Gasteiger partial charge is 0.0843 e. The quantitative estimate of drug-likeness (QED) is 0.439. The van der Waals surface area contributed by atoms with Crippen molar-refractivity contribution in [2.24, 2.45) is 0 Å². The molecular weight excluding hydrogens is 308 g/mol. The summed E-state index contributed by atoms with van der Waals surface area (Å²) in [5.41, 5.74) is 2.28. The average Bonchev–Trinajstić information content (AvgIpc) is 2.37. The van der Waals surface area contributed by atoms with Gasteiger partial charge in [-0.2, -0.15) is 0 Å². The molecule has 0 fully saturated rings. The summed E-state index contributed by atoms with van der Waals surface area (Å²) in [6, 6.07) is 11.6. The van der Waals surface area contributed by atoms with Gasteiger partial charge in [-0.25, -0.2) is 0 Å². The van der Waals surface area contributed by atoms with Crippen LogP contribution >= 0.6 is 11.6 Å². The maximum absolute atomic E-state index is 6.06. The number of hydrogen-bond donors (Lipinski definition) is 0. The van der Waals surface area contributed by atoms with E-state index in [1.165, 1.54) is 36.9 Å². The highest BCUT2D eigenvalue weighted by Gasteiger charge is 2.30. The number of halogens is 1.